The van der Waals surface area contributed by atoms with Crippen molar-refractivity contribution in [3.05, 3.63) is 0 Å². The van der Waals surface area contributed by atoms with Crippen molar-refractivity contribution in [3.63, 3.8) is 0 Å². The Morgan fingerprint density at radius 3 is 2.60 bits per heavy atom. The van der Waals surface area contributed by atoms with E-state index in [1.807, 2.05) is 0 Å². The second-order valence-electron chi connectivity index (χ2n) is 4.80. The van der Waals surface area contributed by atoms with E-state index in [0.29, 0.717) is 12.1 Å². The zero-order chi connectivity index (χ0) is 10.8. The van der Waals surface area contributed by atoms with Crippen LogP contribution < -0.4 is 11.1 Å². The molecule has 0 heterocycles. The SMILES string of the molecule is COC1CC(NC(=O)C2CCC(N)C2)C1. The average molecular weight is 212 g/mol. The number of carbonyl (C=O) groups excluding carboxylic acids is 1. The molecule has 4 heteroatoms. The minimum atomic E-state index is 0.154. The molecule has 15 heavy (non-hydrogen) atoms. The normalized spacial score (nSPS) is 39.9. The minimum absolute atomic E-state index is 0.154. The van der Waals surface area contributed by atoms with E-state index < -0.39 is 0 Å². The van der Waals surface area contributed by atoms with Crippen LogP contribution in [0.25, 0.3) is 0 Å². The predicted molar refractivity (Wildman–Crippen MR) is 57.3 cm³/mol. The van der Waals surface area contributed by atoms with E-state index in [1.54, 1.807) is 7.11 Å². The molecular weight excluding hydrogens is 192 g/mol. The van der Waals surface area contributed by atoms with Gasteiger partial charge in [0.05, 0.1) is 6.10 Å². The van der Waals surface area contributed by atoms with Crippen LogP contribution in [0, 0.1) is 5.92 Å². The monoisotopic (exact) mass is 212 g/mol. The van der Waals surface area contributed by atoms with Gasteiger partial charge in [-0.1, -0.05) is 0 Å². The number of hydrogen-bond donors (Lipinski definition) is 2. The standard InChI is InChI=1S/C11H20N2O2/c1-15-10-5-9(6-10)13-11(14)7-2-3-8(12)4-7/h7-10H,2-6,12H2,1H3,(H,13,14). The van der Waals surface area contributed by atoms with Crippen molar-refractivity contribution in [3.8, 4) is 0 Å². The Morgan fingerprint density at radius 1 is 1.33 bits per heavy atom. The van der Waals surface area contributed by atoms with Crippen LogP contribution in [0.2, 0.25) is 0 Å². The van der Waals surface area contributed by atoms with E-state index in [2.05, 4.69) is 5.32 Å². The molecule has 86 valence electrons. The molecule has 2 aliphatic rings. The quantitative estimate of drug-likeness (QED) is 0.712. The van der Waals surface area contributed by atoms with E-state index >= 15 is 0 Å². The Bertz CT molecular complexity index is 239. The summed E-state index contributed by atoms with van der Waals surface area (Å²) >= 11 is 0. The van der Waals surface area contributed by atoms with Gasteiger partial charge in [0.25, 0.3) is 0 Å². The summed E-state index contributed by atoms with van der Waals surface area (Å²) in [5, 5.41) is 3.07. The highest BCUT2D eigenvalue weighted by atomic mass is 16.5. The largest absolute Gasteiger partial charge is 0.381 e. The molecule has 0 aromatic rings. The zero-order valence-corrected chi connectivity index (χ0v) is 9.24. The lowest BCUT2D eigenvalue weighted by Gasteiger charge is -2.35. The topological polar surface area (TPSA) is 64.3 Å². The van der Waals surface area contributed by atoms with Crippen LogP contribution >= 0.6 is 0 Å². The van der Waals surface area contributed by atoms with Gasteiger partial charge >= 0.3 is 0 Å². The van der Waals surface area contributed by atoms with Gasteiger partial charge in [-0.25, -0.2) is 0 Å². The van der Waals surface area contributed by atoms with Crippen molar-refractivity contribution in [1.29, 1.82) is 0 Å². The second kappa shape index (κ2) is 4.49. The predicted octanol–water partition coefficient (Wildman–Crippen LogP) is 0.407. The Kier molecular flexibility index (Phi) is 3.26. The number of nitrogens with one attached hydrogen (secondary N) is 1. The number of hydrogen-bond acceptors (Lipinski definition) is 3. The molecule has 3 N–H and O–H groups in total. The first-order chi connectivity index (χ1) is 7.19. The molecule has 2 aliphatic carbocycles. The molecule has 0 spiro atoms. The van der Waals surface area contributed by atoms with Gasteiger partial charge in [-0.05, 0) is 32.1 Å². The van der Waals surface area contributed by atoms with Crippen LogP contribution in [0.5, 0.6) is 0 Å². The number of methoxy groups -OCH3 is 1. The van der Waals surface area contributed by atoms with E-state index in [1.165, 1.54) is 0 Å². The maximum atomic E-state index is 11.8. The molecule has 4 nitrogen and oxygen atoms in total. The molecule has 2 atom stereocenters. The van der Waals surface area contributed by atoms with Crippen molar-refractivity contribution in [2.75, 3.05) is 7.11 Å². The maximum absolute atomic E-state index is 11.8. The molecule has 0 aromatic heterocycles. The fourth-order valence-electron chi connectivity index (χ4n) is 2.45. The lowest BCUT2D eigenvalue weighted by Crippen LogP contribution is -2.49. The lowest BCUT2D eigenvalue weighted by atomic mass is 9.88. The van der Waals surface area contributed by atoms with Gasteiger partial charge in [0.15, 0.2) is 0 Å². The highest BCUT2D eigenvalue weighted by molar-refractivity contribution is 5.79. The first-order valence-corrected chi connectivity index (χ1v) is 5.77. The number of ether oxygens (including phenoxy) is 1. The van der Waals surface area contributed by atoms with Crippen LogP contribution in [0.15, 0.2) is 0 Å². The molecule has 1 amide bonds. The van der Waals surface area contributed by atoms with E-state index in [4.69, 9.17) is 10.5 Å². The Labute approximate surface area is 90.5 Å². The fourth-order valence-corrected chi connectivity index (χ4v) is 2.45. The molecule has 0 radical (unpaired) electrons. The van der Waals surface area contributed by atoms with Crippen LogP contribution in [0.3, 0.4) is 0 Å². The number of carbonyl (C=O) groups is 1. The maximum Gasteiger partial charge on any atom is 0.223 e. The van der Waals surface area contributed by atoms with Gasteiger partial charge in [-0.15, -0.1) is 0 Å². The van der Waals surface area contributed by atoms with E-state index in [0.717, 1.165) is 32.1 Å². The van der Waals surface area contributed by atoms with Crippen LogP contribution in [0.4, 0.5) is 0 Å². The van der Waals surface area contributed by atoms with Crippen molar-refractivity contribution < 1.29 is 9.53 Å². The number of amides is 1. The summed E-state index contributed by atoms with van der Waals surface area (Å²) < 4.78 is 5.17. The summed E-state index contributed by atoms with van der Waals surface area (Å²) in [6.07, 6.45) is 5.06. The van der Waals surface area contributed by atoms with Crippen molar-refractivity contribution in [1.82, 2.24) is 5.32 Å². The molecule has 2 rings (SSSR count). The Morgan fingerprint density at radius 2 is 2.07 bits per heavy atom. The molecule has 0 aromatic carbocycles. The van der Waals surface area contributed by atoms with Gasteiger partial charge in [0, 0.05) is 25.1 Å². The van der Waals surface area contributed by atoms with E-state index in [-0.39, 0.29) is 17.9 Å². The molecule has 0 bridgehead atoms. The molecule has 0 saturated heterocycles. The van der Waals surface area contributed by atoms with Gasteiger partial charge in [-0.3, -0.25) is 4.79 Å². The first-order valence-electron chi connectivity index (χ1n) is 5.77. The number of nitrogens with two attached hydrogens (primary N) is 1. The highest BCUT2D eigenvalue weighted by Crippen LogP contribution is 2.27. The van der Waals surface area contributed by atoms with Gasteiger partial charge in [-0.2, -0.15) is 0 Å². The van der Waals surface area contributed by atoms with E-state index in [9.17, 15) is 4.79 Å². The summed E-state index contributed by atoms with van der Waals surface area (Å²) in [6.45, 7) is 0. The van der Waals surface area contributed by atoms with Crippen LogP contribution in [0.1, 0.15) is 32.1 Å². The van der Waals surface area contributed by atoms with Gasteiger partial charge < -0.3 is 15.8 Å². The van der Waals surface area contributed by atoms with Crippen LogP contribution in [-0.2, 0) is 9.53 Å². The van der Waals surface area contributed by atoms with Gasteiger partial charge in [0.1, 0.15) is 0 Å². The number of rotatable bonds is 3. The first kappa shape index (κ1) is 10.9. The molecule has 2 saturated carbocycles. The van der Waals surface area contributed by atoms with Crippen molar-refractivity contribution in [2.24, 2.45) is 11.7 Å². The smallest absolute Gasteiger partial charge is 0.223 e. The van der Waals surface area contributed by atoms with Gasteiger partial charge in [0.2, 0.25) is 5.91 Å². The van der Waals surface area contributed by atoms with Crippen molar-refractivity contribution >= 4 is 5.91 Å². The third kappa shape index (κ3) is 2.49. The second-order valence-corrected chi connectivity index (χ2v) is 4.80. The van der Waals surface area contributed by atoms with Crippen molar-refractivity contribution in [2.45, 2.75) is 50.3 Å². The fraction of sp³-hybridized carbons (Fsp3) is 0.909. The third-order valence-corrected chi connectivity index (χ3v) is 3.62. The average Bonchev–Trinajstić information content (AvgIpc) is 2.57. The molecule has 2 fully saturated rings. The lowest BCUT2D eigenvalue weighted by molar-refractivity contribution is -0.127. The summed E-state index contributed by atoms with van der Waals surface area (Å²) in [6, 6.07) is 0.563. The zero-order valence-electron chi connectivity index (χ0n) is 9.24. The summed E-state index contributed by atoms with van der Waals surface area (Å²) in [4.78, 5) is 11.8. The molecule has 2 unspecified atom stereocenters. The van der Waals surface area contributed by atoms with Crippen LogP contribution in [-0.4, -0.2) is 31.2 Å². The summed E-state index contributed by atoms with van der Waals surface area (Å²) in [5.41, 5.74) is 5.78. The Balaban J connectivity index is 1.69. The molecular formula is C11H20N2O2. The minimum Gasteiger partial charge on any atom is -0.381 e. The third-order valence-electron chi connectivity index (χ3n) is 3.62. The highest BCUT2D eigenvalue weighted by Gasteiger charge is 2.33. The summed E-state index contributed by atoms with van der Waals surface area (Å²) in [5.74, 6) is 0.351. The Hall–Kier alpha value is -0.610. The molecule has 0 aliphatic heterocycles. The summed E-state index contributed by atoms with van der Waals surface area (Å²) in [7, 11) is 1.72.